The Kier molecular flexibility index (Phi) is 6.01. The zero-order valence-electron chi connectivity index (χ0n) is 10.6. The monoisotopic (exact) mass is 273 g/mol. The number of nitrogens with one attached hydrogen (secondary N) is 1. The summed E-state index contributed by atoms with van der Waals surface area (Å²) in [7, 11) is 1.46. The molecule has 0 aliphatic heterocycles. The molecule has 0 radical (unpaired) electrons. The van der Waals surface area contributed by atoms with Gasteiger partial charge in [0, 0.05) is 13.1 Å². The lowest BCUT2D eigenvalue weighted by molar-refractivity contribution is 0.103. The average molecular weight is 273 g/mol. The van der Waals surface area contributed by atoms with Crippen molar-refractivity contribution in [2.24, 2.45) is 5.73 Å². The first-order chi connectivity index (χ1) is 9.08. The third-order valence-corrected chi connectivity index (χ3v) is 2.39. The summed E-state index contributed by atoms with van der Waals surface area (Å²) >= 11 is 0. The standard InChI is InChI=1S/C12H17F2N3O2/c1-19-10-5-3-2-4-9(10)16-12(18)17(7-6-15)8-11(13)14/h2-5,11H,6-8,15H2,1H3,(H,16,18). The van der Waals surface area contributed by atoms with Crippen LogP contribution in [-0.2, 0) is 0 Å². The first kappa shape index (κ1) is 15.2. The van der Waals surface area contributed by atoms with Crippen LogP contribution in [0.5, 0.6) is 5.75 Å². The van der Waals surface area contributed by atoms with Crippen LogP contribution in [0, 0.1) is 0 Å². The molecule has 0 spiro atoms. The number of rotatable bonds is 6. The number of hydrogen-bond acceptors (Lipinski definition) is 3. The molecule has 0 heterocycles. The van der Waals surface area contributed by atoms with Gasteiger partial charge in [-0.1, -0.05) is 12.1 Å². The molecule has 0 fully saturated rings. The van der Waals surface area contributed by atoms with Crippen LogP contribution in [0.3, 0.4) is 0 Å². The Morgan fingerprint density at radius 1 is 1.47 bits per heavy atom. The van der Waals surface area contributed by atoms with E-state index in [4.69, 9.17) is 10.5 Å². The predicted octanol–water partition coefficient (Wildman–Crippen LogP) is 1.75. The lowest BCUT2D eigenvalue weighted by Gasteiger charge is -2.22. The minimum absolute atomic E-state index is 0.0608. The van der Waals surface area contributed by atoms with Gasteiger partial charge in [0.05, 0.1) is 19.3 Å². The van der Waals surface area contributed by atoms with Crippen LogP contribution in [0.1, 0.15) is 0 Å². The second kappa shape index (κ2) is 7.52. The van der Waals surface area contributed by atoms with E-state index in [1.165, 1.54) is 7.11 Å². The van der Waals surface area contributed by atoms with Crippen LogP contribution in [-0.4, -0.2) is 44.1 Å². The first-order valence-corrected chi connectivity index (χ1v) is 5.75. The van der Waals surface area contributed by atoms with Crippen LogP contribution in [0.25, 0.3) is 0 Å². The Morgan fingerprint density at radius 3 is 2.74 bits per heavy atom. The number of amides is 2. The maximum absolute atomic E-state index is 12.4. The number of para-hydroxylation sites is 2. The fraction of sp³-hybridized carbons (Fsp3) is 0.417. The largest absolute Gasteiger partial charge is 0.495 e. The van der Waals surface area contributed by atoms with Gasteiger partial charge in [-0.05, 0) is 12.1 Å². The van der Waals surface area contributed by atoms with Crippen molar-refractivity contribution in [3.05, 3.63) is 24.3 Å². The lowest BCUT2D eigenvalue weighted by atomic mass is 10.3. The van der Waals surface area contributed by atoms with Crippen LogP contribution >= 0.6 is 0 Å². The summed E-state index contributed by atoms with van der Waals surface area (Å²) in [5, 5.41) is 2.52. The van der Waals surface area contributed by atoms with Gasteiger partial charge in [-0.25, -0.2) is 13.6 Å². The van der Waals surface area contributed by atoms with E-state index in [9.17, 15) is 13.6 Å². The lowest BCUT2D eigenvalue weighted by Crippen LogP contribution is -2.41. The Hall–Kier alpha value is -1.89. The van der Waals surface area contributed by atoms with E-state index in [-0.39, 0.29) is 13.1 Å². The molecular weight excluding hydrogens is 256 g/mol. The number of nitrogens with zero attached hydrogens (tertiary/aromatic N) is 1. The molecule has 0 aliphatic rings. The number of ether oxygens (including phenoxy) is 1. The average Bonchev–Trinajstić information content (AvgIpc) is 2.38. The number of methoxy groups -OCH3 is 1. The van der Waals surface area contributed by atoms with Crippen molar-refractivity contribution in [3.8, 4) is 5.75 Å². The second-order valence-corrected chi connectivity index (χ2v) is 3.76. The highest BCUT2D eigenvalue weighted by atomic mass is 19.3. The molecule has 3 N–H and O–H groups in total. The maximum Gasteiger partial charge on any atom is 0.322 e. The van der Waals surface area contributed by atoms with Gasteiger partial charge < -0.3 is 20.7 Å². The number of carbonyl (C=O) groups is 1. The smallest absolute Gasteiger partial charge is 0.322 e. The van der Waals surface area contributed by atoms with Crippen LogP contribution < -0.4 is 15.8 Å². The number of alkyl halides is 2. The van der Waals surface area contributed by atoms with Crippen molar-refractivity contribution in [1.82, 2.24) is 4.90 Å². The highest BCUT2D eigenvalue weighted by molar-refractivity contribution is 5.91. The molecule has 2 amide bonds. The molecule has 1 rings (SSSR count). The molecule has 0 saturated heterocycles. The first-order valence-electron chi connectivity index (χ1n) is 5.75. The van der Waals surface area contributed by atoms with Crippen molar-refractivity contribution in [1.29, 1.82) is 0 Å². The highest BCUT2D eigenvalue weighted by Gasteiger charge is 2.18. The van der Waals surface area contributed by atoms with Crippen molar-refractivity contribution >= 4 is 11.7 Å². The normalized spacial score (nSPS) is 10.4. The number of urea groups is 1. The van der Waals surface area contributed by atoms with Gasteiger partial charge in [0.1, 0.15) is 5.75 Å². The molecule has 19 heavy (non-hydrogen) atoms. The summed E-state index contributed by atoms with van der Waals surface area (Å²) in [5.41, 5.74) is 5.72. The fourth-order valence-corrected chi connectivity index (χ4v) is 1.54. The zero-order chi connectivity index (χ0) is 14.3. The van der Waals surface area contributed by atoms with Crippen molar-refractivity contribution in [2.45, 2.75) is 6.43 Å². The van der Waals surface area contributed by atoms with Gasteiger partial charge in [0.2, 0.25) is 0 Å². The Morgan fingerprint density at radius 2 is 2.16 bits per heavy atom. The number of benzene rings is 1. The summed E-state index contributed by atoms with van der Waals surface area (Å²) in [6.45, 7) is -0.477. The molecule has 0 unspecified atom stereocenters. The SMILES string of the molecule is COc1ccccc1NC(=O)N(CCN)CC(F)F. The quantitative estimate of drug-likeness (QED) is 0.829. The minimum Gasteiger partial charge on any atom is -0.495 e. The molecule has 0 aliphatic carbocycles. The molecule has 1 aromatic rings. The molecule has 0 bridgehead atoms. The summed E-state index contributed by atoms with van der Waals surface area (Å²) in [6.07, 6.45) is -2.60. The van der Waals surface area contributed by atoms with E-state index >= 15 is 0 Å². The van der Waals surface area contributed by atoms with Gasteiger partial charge in [-0.2, -0.15) is 0 Å². The third kappa shape index (κ3) is 4.70. The summed E-state index contributed by atoms with van der Waals surface area (Å²) in [4.78, 5) is 12.8. The molecule has 7 heteroatoms. The highest BCUT2D eigenvalue weighted by Crippen LogP contribution is 2.23. The van der Waals surface area contributed by atoms with Crippen LogP contribution in [0.15, 0.2) is 24.3 Å². The summed E-state index contributed by atoms with van der Waals surface area (Å²) in [6, 6.07) is 6.11. The Bertz CT molecular complexity index is 416. The molecule has 0 atom stereocenters. The molecule has 1 aromatic carbocycles. The molecule has 106 valence electrons. The Balaban J connectivity index is 2.75. The van der Waals surface area contributed by atoms with Gasteiger partial charge in [-0.15, -0.1) is 0 Å². The number of hydrogen-bond donors (Lipinski definition) is 2. The zero-order valence-corrected chi connectivity index (χ0v) is 10.6. The topological polar surface area (TPSA) is 67.6 Å². The van der Waals surface area contributed by atoms with Crippen molar-refractivity contribution < 1.29 is 18.3 Å². The number of carbonyl (C=O) groups excluding carboxylic acids is 1. The summed E-state index contributed by atoms with van der Waals surface area (Å²) < 4.78 is 29.8. The van der Waals surface area contributed by atoms with Crippen LogP contribution in [0.4, 0.5) is 19.3 Å². The van der Waals surface area contributed by atoms with E-state index < -0.39 is 19.0 Å². The number of anilines is 1. The third-order valence-electron chi connectivity index (χ3n) is 2.39. The maximum atomic E-state index is 12.4. The van der Waals surface area contributed by atoms with Crippen molar-refractivity contribution in [2.75, 3.05) is 32.1 Å². The van der Waals surface area contributed by atoms with Crippen LogP contribution in [0.2, 0.25) is 0 Å². The minimum atomic E-state index is -2.60. The van der Waals surface area contributed by atoms with E-state index in [1.807, 2.05) is 0 Å². The number of nitrogens with two attached hydrogens (primary N) is 1. The predicted molar refractivity (Wildman–Crippen MR) is 68.6 cm³/mol. The fourth-order valence-electron chi connectivity index (χ4n) is 1.54. The van der Waals surface area contributed by atoms with E-state index in [0.717, 1.165) is 4.90 Å². The van der Waals surface area contributed by atoms with Crippen molar-refractivity contribution in [3.63, 3.8) is 0 Å². The van der Waals surface area contributed by atoms with Gasteiger partial charge >= 0.3 is 6.03 Å². The van der Waals surface area contributed by atoms with E-state index in [0.29, 0.717) is 11.4 Å². The summed E-state index contributed by atoms with van der Waals surface area (Å²) in [5.74, 6) is 0.459. The molecule has 0 saturated carbocycles. The second-order valence-electron chi connectivity index (χ2n) is 3.76. The van der Waals surface area contributed by atoms with E-state index in [1.54, 1.807) is 24.3 Å². The Labute approximate surface area is 110 Å². The number of halogens is 2. The molecule has 5 nitrogen and oxygen atoms in total. The van der Waals surface area contributed by atoms with Gasteiger partial charge in [0.25, 0.3) is 6.43 Å². The van der Waals surface area contributed by atoms with E-state index in [2.05, 4.69) is 5.32 Å². The van der Waals surface area contributed by atoms with Gasteiger partial charge in [-0.3, -0.25) is 0 Å². The molecule has 0 aromatic heterocycles. The van der Waals surface area contributed by atoms with Gasteiger partial charge in [0.15, 0.2) is 0 Å². The molecular formula is C12H17F2N3O2.